The van der Waals surface area contributed by atoms with E-state index in [1.165, 1.54) is 0 Å². The van der Waals surface area contributed by atoms with Crippen LogP contribution in [0, 0.1) is 5.41 Å². The standard InChI is InChI=1S/C20H32O6/c1-15(2)17(21)25-13-9-6-7-11-20(5,19(23)24)12-8-10-14-26-18(22)16(3)4/h1,3,6-14H2,2,4-5H3,(H,23,24). The normalized spacial score (nSPS) is 12.7. The molecule has 1 atom stereocenters. The number of unbranched alkanes of at least 4 members (excludes halogenated alkanes) is 3. The molecule has 0 aromatic heterocycles. The lowest BCUT2D eigenvalue weighted by Crippen LogP contribution is -2.27. The van der Waals surface area contributed by atoms with E-state index in [0.717, 1.165) is 12.8 Å². The van der Waals surface area contributed by atoms with Gasteiger partial charge in [-0.05, 0) is 52.9 Å². The minimum atomic E-state index is -0.815. The lowest BCUT2D eigenvalue weighted by atomic mass is 9.80. The van der Waals surface area contributed by atoms with Crippen molar-refractivity contribution >= 4 is 17.9 Å². The molecule has 0 fully saturated rings. The Labute approximate surface area is 156 Å². The first kappa shape index (κ1) is 23.9. The zero-order valence-electron chi connectivity index (χ0n) is 16.3. The van der Waals surface area contributed by atoms with Gasteiger partial charge in [-0.1, -0.05) is 26.0 Å². The highest BCUT2D eigenvalue weighted by molar-refractivity contribution is 5.87. The van der Waals surface area contributed by atoms with Gasteiger partial charge in [0.05, 0.1) is 18.6 Å². The summed E-state index contributed by atoms with van der Waals surface area (Å²) in [5.41, 5.74) is -0.0705. The van der Waals surface area contributed by atoms with Gasteiger partial charge in [-0.2, -0.15) is 0 Å². The summed E-state index contributed by atoms with van der Waals surface area (Å²) in [5.74, 6) is -1.63. The van der Waals surface area contributed by atoms with Crippen LogP contribution in [0.3, 0.4) is 0 Å². The van der Waals surface area contributed by atoms with Gasteiger partial charge >= 0.3 is 17.9 Å². The summed E-state index contributed by atoms with van der Waals surface area (Å²) >= 11 is 0. The second-order valence-electron chi connectivity index (χ2n) is 6.97. The summed E-state index contributed by atoms with van der Waals surface area (Å²) in [7, 11) is 0. The second kappa shape index (κ2) is 12.3. The first-order valence-corrected chi connectivity index (χ1v) is 8.99. The Morgan fingerprint density at radius 3 is 1.58 bits per heavy atom. The highest BCUT2D eigenvalue weighted by Gasteiger charge is 2.31. The van der Waals surface area contributed by atoms with Gasteiger partial charge in [0.15, 0.2) is 0 Å². The van der Waals surface area contributed by atoms with Crippen molar-refractivity contribution in [2.24, 2.45) is 5.41 Å². The van der Waals surface area contributed by atoms with Gasteiger partial charge in [0, 0.05) is 11.1 Å². The molecule has 1 unspecified atom stereocenters. The van der Waals surface area contributed by atoms with E-state index in [-0.39, 0.29) is 6.61 Å². The number of carboxylic acid groups (broad SMARTS) is 1. The molecule has 0 saturated heterocycles. The van der Waals surface area contributed by atoms with E-state index in [9.17, 15) is 19.5 Å². The van der Waals surface area contributed by atoms with Crippen LogP contribution in [0.25, 0.3) is 0 Å². The van der Waals surface area contributed by atoms with E-state index in [4.69, 9.17) is 9.47 Å². The molecule has 0 aromatic rings. The monoisotopic (exact) mass is 368 g/mol. The Balaban J connectivity index is 4.03. The van der Waals surface area contributed by atoms with E-state index in [2.05, 4.69) is 13.2 Å². The van der Waals surface area contributed by atoms with E-state index in [1.807, 2.05) is 0 Å². The summed E-state index contributed by atoms with van der Waals surface area (Å²) in [6.07, 6.45) is 4.62. The first-order valence-electron chi connectivity index (χ1n) is 8.99. The summed E-state index contributed by atoms with van der Waals surface area (Å²) in [4.78, 5) is 34.1. The Morgan fingerprint density at radius 2 is 1.19 bits per heavy atom. The Kier molecular flexibility index (Phi) is 11.3. The van der Waals surface area contributed by atoms with Crippen molar-refractivity contribution in [1.82, 2.24) is 0 Å². The van der Waals surface area contributed by atoms with Crippen molar-refractivity contribution in [2.45, 2.75) is 65.7 Å². The molecule has 6 nitrogen and oxygen atoms in total. The fraction of sp³-hybridized carbons (Fsp3) is 0.650. The van der Waals surface area contributed by atoms with Gasteiger partial charge in [0.2, 0.25) is 0 Å². The molecule has 0 aliphatic rings. The first-order chi connectivity index (χ1) is 12.1. The van der Waals surface area contributed by atoms with Crippen LogP contribution in [0.4, 0.5) is 0 Å². The molecule has 0 aromatic carbocycles. The second-order valence-corrected chi connectivity index (χ2v) is 6.97. The highest BCUT2D eigenvalue weighted by Crippen LogP contribution is 2.31. The van der Waals surface area contributed by atoms with E-state index >= 15 is 0 Å². The van der Waals surface area contributed by atoms with Gasteiger partial charge in [0.1, 0.15) is 0 Å². The molecule has 0 saturated carbocycles. The largest absolute Gasteiger partial charge is 0.481 e. The molecular weight excluding hydrogens is 336 g/mol. The molecular formula is C20H32O6. The van der Waals surface area contributed by atoms with Crippen molar-refractivity contribution in [3.05, 3.63) is 24.3 Å². The average molecular weight is 368 g/mol. The summed E-state index contributed by atoms with van der Waals surface area (Å²) in [6.45, 7) is 12.5. The predicted molar refractivity (Wildman–Crippen MR) is 99.6 cm³/mol. The van der Waals surface area contributed by atoms with Crippen molar-refractivity contribution < 1.29 is 29.0 Å². The molecule has 0 amide bonds. The lowest BCUT2D eigenvalue weighted by molar-refractivity contribution is -0.149. The molecule has 148 valence electrons. The van der Waals surface area contributed by atoms with Gasteiger partial charge < -0.3 is 14.6 Å². The third-order valence-corrected chi connectivity index (χ3v) is 4.18. The van der Waals surface area contributed by atoms with E-state index < -0.39 is 23.3 Å². The van der Waals surface area contributed by atoms with Crippen LogP contribution in [0.1, 0.15) is 65.7 Å². The molecule has 0 bridgehead atoms. The third-order valence-electron chi connectivity index (χ3n) is 4.18. The molecule has 0 rings (SSSR count). The van der Waals surface area contributed by atoms with Crippen LogP contribution in [-0.2, 0) is 23.9 Å². The Bertz CT molecular complexity index is 522. The van der Waals surface area contributed by atoms with Gasteiger partial charge in [0.25, 0.3) is 0 Å². The lowest BCUT2D eigenvalue weighted by Gasteiger charge is -2.24. The zero-order chi connectivity index (χ0) is 20.2. The van der Waals surface area contributed by atoms with Crippen LogP contribution >= 0.6 is 0 Å². The maximum absolute atomic E-state index is 11.6. The number of aliphatic carboxylic acids is 1. The molecule has 0 heterocycles. The molecule has 0 aliphatic heterocycles. The molecule has 6 heteroatoms. The summed E-state index contributed by atoms with van der Waals surface area (Å²) < 4.78 is 10.0. The number of carboxylic acids is 1. The number of carbonyl (C=O) groups is 3. The SMILES string of the molecule is C=C(C)C(=O)OCCCCCC(C)(CCCCOC(=O)C(=C)C)C(=O)O. The van der Waals surface area contributed by atoms with Crippen LogP contribution < -0.4 is 0 Å². The van der Waals surface area contributed by atoms with Crippen LogP contribution in [-0.4, -0.2) is 36.2 Å². The molecule has 0 spiro atoms. The van der Waals surface area contributed by atoms with Crippen LogP contribution in [0.2, 0.25) is 0 Å². The third kappa shape index (κ3) is 10.0. The number of esters is 2. The van der Waals surface area contributed by atoms with Gasteiger partial charge in [-0.15, -0.1) is 0 Å². The maximum Gasteiger partial charge on any atom is 0.333 e. The minimum absolute atomic E-state index is 0.273. The quantitative estimate of drug-likeness (QED) is 0.283. The van der Waals surface area contributed by atoms with Crippen LogP contribution in [0.5, 0.6) is 0 Å². The zero-order valence-corrected chi connectivity index (χ0v) is 16.3. The number of hydrogen-bond donors (Lipinski definition) is 1. The van der Waals surface area contributed by atoms with Crippen LogP contribution in [0.15, 0.2) is 24.3 Å². The van der Waals surface area contributed by atoms with Crippen molar-refractivity contribution in [2.75, 3.05) is 13.2 Å². The average Bonchev–Trinajstić information content (AvgIpc) is 2.56. The van der Waals surface area contributed by atoms with Gasteiger partial charge in [-0.3, -0.25) is 4.79 Å². The Hall–Kier alpha value is -2.11. The fourth-order valence-corrected chi connectivity index (χ4v) is 2.33. The van der Waals surface area contributed by atoms with Crippen molar-refractivity contribution in [1.29, 1.82) is 0 Å². The number of ether oxygens (including phenoxy) is 2. The highest BCUT2D eigenvalue weighted by atomic mass is 16.5. The smallest absolute Gasteiger partial charge is 0.333 e. The summed E-state index contributed by atoms with van der Waals surface area (Å²) in [6, 6.07) is 0. The van der Waals surface area contributed by atoms with Gasteiger partial charge in [-0.25, -0.2) is 9.59 Å². The van der Waals surface area contributed by atoms with Crippen molar-refractivity contribution in [3.8, 4) is 0 Å². The molecule has 26 heavy (non-hydrogen) atoms. The maximum atomic E-state index is 11.6. The van der Waals surface area contributed by atoms with E-state index in [1.54, 1.807) is 20.8 Å². The fourth-order valence-electron chi connectivity index (χ4n) is 2.33. The predicted octanol–water partition coefficient (Wildman–Crippen LogP) is 4.05. The minimum Gasteiger partial charge on any atom is -0.481 e. The topological polar surface area (TPSA) is 89.9 Å². The molecule has 0 radical (unpaired) electrons. The summed E-state index contributed by atoms with van der Waals surface area (Å²) in [5, 5.41) is 9.51. The number of carbonyl (C=O) groups excluding carboxylic acids is 2. The molecule has 1 N–H and O–H groups in total. The number of hydrogen-bond acceptors (Lipinski definition) is 5. The Morgan fingerprint density at radius 1 is 0.808 bits per heavy atom. The van der Waals surface area contributed by atoms with E-state index in [0.29, 0.717) is 49.9 Å². The van der Waals surface area contributed by atoms with Crippen molar-refractivity contribution in [3.63, 3.8) is 0 Å². The number of rotatable bonds is 14. The molecule has 0 aliphatic carbocycles.